The molecule has 3 N–H and O–H groups in total. The zero-order chi connectivity index (χ0) is 26.4. The largest absolute Gasteiger partial charge is 0.395 e. The third-order valence-corrected chi connectivity index (χ3v) is 7.52. The first kappa shape index (κ1) is 33.9. The van der Waals surface area contributed by atoms with Gasteiger partial charge in [0, 0.05) is 6.04 Å². The molecular formula is C25H46NO7PS. The van der Waals surface area contributed by atoms with Gasteiger partial charge in [-0.3, -0.25) is 0 Å². The first-order valence-electron chi connectivity index (χ1n) is 12.8. The summed E-state index contributed by atoms with van der Waals surface area (Å²) < 4.78 is 52.0. The third-order valence-electron chi connectivity index (χ3n) is 5.36. The number of aliphatic hydroxyl groups excluding tert-OH is 2. The Kier molecular flexibility index (Phi) is 21.4. The van der Waals surface area contributed by atoms with Gasteiger partial charge in [-0.25, -0.2) is 22.3 Å². The van der Waals surface area contributed by atoms with Crippen molar-refractivity contribution in [2.45, 2.75) is 103 Å². The molecule has 10 heteroatoms. The van der Waals surface area contributed by atoms with Gasteiger partial charge in [-0.15, -0.1) is 0 Å². The fourth-order valence-corrected chi connectivity index (χ4v) is 4.92. The summed E-state index contributed by atoms with van der Waals surface area (Å²) in [5.41, 5.74) is 0.945. The van der Waals surface area contributed by atoms with Crippen LogP contribution < -0.4 is 4.72 Å². The van der Waals surface area contributed by atoms with E-state index in [1.165, 1.54) is 32.1 Å². The molecule has 0 aliphatic heterocycles. The molecule has 0 heterocycles. The van der Waals surface area contributed by atoms with Crippen LogP contribution in [-0.2, 0) is 30.5 Å². The Balaban J connectivity index is 0.000000712. The average molecular weight is 536 g/mol. The number of nitrogens with one attached hydrogen (secondary N) is 1. The molecule has 1 rings (SSSR count). The number of benzene rings is 1. The molecule has 0 amide bonds. The number of aliphatic hydroxyl groups is 2. The molecule has 0 bridgehead atoms. The van der Waals surface area contributed by atoms with Crippen molar-refractivity contribution in [1.82, 2.24) is 4.72 Å². The lowest BCUT2D eigenvalue weighted by Gasteiger charge is -2.16. The summed E-state index contributed by atoms with van der Waals surface area (Å²) in [6, 6.07) is 9.02. The van der Waals surface area contributed by atoms with E-state index < -0.39 is 23.5 Å². The number of ether oxygens (including phenoxy) is 1. The summed E-state index contributed by atoms with van der Waals surface area (Å²) in [4.78, 5) is 0. The van der Waals surface area contributed by atoms with Crippen LogP contribution in [-0.4, -0.2) is 49.5 Å². The molecule has 1 unspecified atom stereocenters. The highest BCUT2D eigenvalue weighted by molar-refractivity contribution is 7.89. The second kappa shape index (κ2) is 22.1. The Hall–Kier alpha value is -1.09. The molecule has 204 valence electrons. The molecule has 35 heavy (non-hydrogen) atoms. The highest BCUT2D eigenvalue weighted by Crippen LogP contribution is 2.12. The summed E-state index contributed by atoms with van der Waals surface area (Å²) in [7, 11) is -6.05. The Morgan fingerprint density at radius 3 is 2.03 bits per heavy atom. The summed E-state index contributed by atoms with van der Waals surface area (Å²) in [5, 5.41) is 18.1. The quantitative estimate of drug-likeness (QED) is 0.153. The topological polar surface area (TPSA) is 130 Å². The molecule has 0 saturated heterocycles. The normalized spacial score (nSPS) is 13.0. The van der Waals surface area contributed by atoms with Crippen LogP contribution in [0.1, 0.15) is 90.0 Å². The molecule has 0 saturated carbocycles. The van der Waals surface area contributed by atoms with Gasteiger partial charge in [-0.2, -0.15) is 0 Å². The van der Waals surface area contributed by atoms with Gasteiger partial charge in [-0.1, -0.05) is 102 Å². The van der Waals surface area contributed by atoms with Gasteiger partial charge in [0.25, 0.3) is 0 Å². The highest BCUT2D eigenvalue weighted by Gasteiger charge is 2.16. The zero-order valence-electron chi connectivity index (χ0n) is 21.4. The van der Waals surface area contributed by atoms with E-state index in [9.17, 15) is 22.7 Å². The van der Waals surface area contributed by atoms with Crippen molar-refractivity contribution in [3.8, 4) is 0 Å². The van der Waals surface area contributed by atoms with Gasteiger partial charge in [0.2, 0.25) is 10.0 Å². The van der Waals surface area contributed by atoms with E-state index in [1.807, 2.05) is 30.3 Å². The molecule has 0 fully saturated rings. The molecule has 8 nitrogen and oxygen atoms in total. The van der Waals surface area contributed by atoms with Gasteiger partial charge in [0.1, 0.15) is 0 Å². The van der Waals surface area contributed by atoms with Crippen LogP contribution in [0.5, 0.6) is 0 Å². The minimum absolute atomic E-state index is 0.114. The number of unbranched alkanes of at least 4 members (excludes halogenated alkanes) is 8. The molecule has 1 aromatic rings. The summed E-state index contributed by atoms with van der Waals surface area (Å²) in [6.07, 6.45) is 11.8. The standard InChI is InChI=1S/C16H35NO3S.C9H11O4P/c1-3-5-7-8-9-10-11-12-14-21(19,20)17-16(15-18)13-6-4-2;10-9(14(11)12)7-13-6-8-4-2-1-3-5-8/h16-18H,3-15H2,1-2H3;1-5,9-10H,6-7H2/t16-;/m1./s1. The fourth-order valence-electron chi connectivity index (χ4n) is 3.29. The Labute approximate surface area is 212 Å². The number of hydrogen-bond donors (Lipinski definition) is 3. The first-order valence-corrected chi connectivity index (χ1v) is 15.7. The first-order chi connectivity index (χ1) is 16.8. The fraction of sp³-hybridized carbons (Fsp3) is 0.760. The predicted octanol–water partition coefficient (Wildman–Crippen LogP) is 5.29. The minimum Gasteiger partial charge on any atom is -0.395 e. The van der Waals surface area contributed by atoms with E-state index in [2.05, 4.69) is 18.6 Å². The molecular weight excluding hydrogens is 489 g/mol. The van der Waals surface area contributed by atoms with Crippen molar-refractivity contribution in [3.05, 3.63) is 35.9 Å². The van der Waals surface area contributed by atoms with Gasteiger partial charge in [0.05, 0.1) is 25.6 Å². The monoisotopic (exact) mass is 535 g/mol. The van der Waals surface area contributed by atoms with Crippen molar-refractivity contribution < 1.29 is 32.5 Å². The maximum Gasteiger partial charge on any atom is 0.347 e. The Morgan fingerprint density at radius 2 is 1.49 bits per heavy atom. The third kappa shape index (κ3) is 20.8. The predicted molar refractivity (Wildman–Crippen MR) is 140 cm³/mol. The van der Waals surface area contributed by atoms with Gasteiger partial charge < -0.3 is 14.9 Å². The van der Waals surface area contributed by atoms with Crippen LogP contribution in [0.4, 0.5) is 0 Å². The van der Waals surface area contributed by atoms with Crippen molar-refractivity contribution >= 4 is 17.7 Å². The summed E-state index contributed by atoms with van der Waals surface area (Å²) in [6.45, 7) is 4.27. The maximum atomic E-state index is 11.9. The van der Waals surface area contributed by atoms with Gasteiger partial charge in [0.15, 0.2) is 5.85 Å². The van der Waals surface area contributed by atoms with Crippen molar-refractivity contribution in [2.24, 2.45) is 0 Å². The van der Waals surface area contributed by atoms with Crippen molar-refractivity contribution in [3.63, 3.8) is 0 Å². The summed E-state index contributed by atoms with van der Waals surface area (Å²) in [5.74, 6) is -1.22. The van der Waals surface area contributed by atoms with Crippen LogP contribution in [0.3, 0.4) is 0 Å². The van der Waals surface area contributed by atoms with E-state index in [0.717, 1.165) is 37.7 Å². The lowest BCUT2D eigenvalue weighted by Crippen LogP contribution is -2.38. The van der Waals surface area contributed by atoms with E-state index in [0.29, 0.717) is 13.0 Å². The lowest BCUT2D eigenvalue weighted by molar-refractivity contribution is 0.0626. The molecule has 0 aliphatic carbocycles. The van der Waals surface area contributed by atoms with Crippen LogP contribution in [0.15, 0.2) is 30.3 Å². The van der Waals surface area contributed by atoms with Crippen LogP contribution in [0, 0.1) is 0 Å². The minimum atomic E-state index is -3.23. The molecule has 0 aromatic heterocycles. The molecule has 2 atom stereocenters. The van der Waals surface area contributed by atoms with Crippen molar-refractivity contribution in [1.29, 1.82) is 0 Å². The molecule has 0 radical (unpaired) electrons. The summed E-state index contributed by atoms with van der Waals surface area (Å²) >= 11 is 0. The average Bonchev–Trinajstić information content (AvgIpc) is 2.84. The number of rotatable bonds is 20. The molecule has 0 spiro atoms. The Bertz CT molecular complexity index is 780. The van der Waals surface area contributed by atoms with Gasteiger partial charge in [-0.05, 0) is 18.4 Å². The van der Waals surface area contributed by atoms with Crippen molar-refractivity contribution in [2.75, 3.05) is 19.0 Å². The van der Waals surface area contributed by atoms with E-state index in [-0.39, 0.29) is 25.0 Å². The second-order valence-electron chi connectivity index (χ2n) is 8.70. The van der Waals surface area contributed by atoms with Crippen LogP contribution in [0.2, 0.25) is 0 Å². The smallest absolute Gasteiger partial charge is 0.347 e. The lowest BCUT2D eigenvalue weighted by atomic mass is 10.1. The van der Waals surface area contributed by atoms with Crippen LogP contribution >= 0.6 is 7.68 Å². The number of sulfonamides is 1. The second-order valence-corrected chi connectivity index (χ2v) is 11.7. The SMILES string of the molecule is CCCCCCCCCCS(=O)(=O)N[C@@H](CO)CCCC.O=P(=O)C(O)COCc1ccccc1. The molecule has 0 aliphatic rings. The van der Waals surface area contributed by atoms with Crippen LogP contribution in [0.25, 0.3) is 0 Å². The zero-order valence-corrected chi connectivity index (χ0v) is 23.2. The van der Waals surface area contributed by atoms with E-state index in [4.69, 9.17) is 9.84 Å². The Morgan fingerprint density at radius 1 is 0.914 bits per heavy atom. The molecule has 1 aromatic carbocycles. The number of hydrogen-bond acceptors (Lipinski definition) is 7. The maximum absolute atomic E-state index is 11.9. The van der Waals surface area contributed by atoms with E-state index in [1.54, 1.807) is 0 Å². The van der Waals surface area contributed by atoms with Gasteiger partial charge >= 0.3 is 7.68 Å². The van der Waals surface area contributed by atoms with E-state index >= 15 is 0 Å². The highest BCUT2D eigenvalue weighted by atomic mass is 32.2.